The van der Waals surface area contributed by atoms with Crippen LogP contribution in [-0.2, 0) is 7.05 Å². The number of allylic oxidation sites excluding steroid dienone is 5. The molecule has 0 fully saturated rings. The third-order valence-electron chi connectivity index (χ3n) is 4.58. The summed E-state index contributed by atoms with van der Waals surface area (Å²) >= 11 is 0. The van der Waals surface area contributed by atoms with E-state index < -0.39 is 17.9 Å². The van der Waals surface area contributed by atoms with Crippen LogP contribution in [0.3, 0.4) is 0 Å². The summed E-state index contributed by atoms with van der Waals surface area (Å²) in [5.74, 6) is 0.487. The predicted molar refractivity (Wildman–Crippen MR) is 113 cm³/mol. The van der Waals surface area contributed by atoms with Crippen LogP contribution < -0.4 is 16.0 Å². The van der Waals surface area contributed by atoms with E-state index in [0.717, 1.165) is 0 Å². The Morgan fingerprint density at radius 3 is 2.77 bits per heavy atom. The quantitative estimate of drug-likeness (QED) is 0.476. The number of nitrogens with one attached hydrogen (secondary N) is 1. The monoisotopic (exact) mass is 409 g/mol. The number of halogens is 1. The summed E-state index contributed by atoms with van der Waals surface area (Å²) < 4.78 is 26.4. The van der Waals surface area contributed by atoms with Gasteiger partial charge in [-0.3, -0.25) is 14.3 Å². The summed E-state index contributed by atoms with van der Waals surface area (Å²) in [6.45, 7) is 8.08. The highest BCUT2D eigenvalue weighted by Gasteiger charge is 2.16. The molecule has 154 valence electrons. The number of H-pyrrole nitrogens is 1. The van der Waals surface area contributed by atoms with Gasteiger partial charge in [-0.1, -0.05) is 19.2 Å². The molecule has 30 heavy (non-hydrogen) atoms. The molecule has 0 radical (unpaired) electrons. The van der Waals surface area contributed by atoms with E-state index in [-0.39, 0.29) is 34.0 Å². The second kappa shape index (κ2) is 8.60. The van der Waals surface area contributed by atoms with Gasteiger partial charge in [0.15, 0.2) is 0 Å². The molecule has 0 aromatic carbocycles. The maximum atomic E-state index is 14.0. The first-order valence-corrected chi connectivity index (χ1v) is 8.97. The van der Waals surface area contributed by atoms with Crippen LogP contribution in [0, 0.1) is 6.92 Å². The van der Waals surface area contributed by atoms with Crippen LogP contribution in [0.2, 0.25) is 0 Å². The molecular formula is C22H20FN3O4. The molecule has 0 aliphatic heterocycles. The van der Waals surface area contributed by atoms with Crippen LogP contribution in [0.15, 0.2) is 81.3 Å². The van der Waals surface area contributed by atoms with Crippen molar-refractivity contribution in [3.05, 3.63) is 99.4 Å². The Balaban J connectivity index is 2.16. The van der Waals surface area contributed by atoms with Crippen molar-refractivity contribution in [1.82, 2.24) is 14.5 Å². The zero-order valence-corrected chi connectivity index (χ0v) is 16.6. The molecule has 0 saturated carbocycles. The van der Waals surface area contributed by atoms with Gasteiger partial charge in [-0.25, -0.2) is 14.2 Å². The van der Waals surface area contributed by atoms with Crippen molar-refractivity contribution in [3.63, 3.8) is 0 Å². The highest BCUT2D eigenvalue weighted by Crippen LogP contribution is 2.27. The molecule has 0 saturated heterocycles. The van der Waals surface area contributed by atoms with Crippen molar-refractivity contribution in [3.8, 4) is 5.88 Å². The molecule has 0 spiro atoms. The number of nitrogens with zero attached hydrogens (tertiary/aromatic N) is 2. The van der Waals surface area contributed by atoms with Gasteiger partial charge in [-0.2, -0.15) is 0 Å². The Morgan fingerprint density at radius 1 is 1.33 bits per heavy atom. The molecule has 3 heterocycles. The molecule has 3 aromatic rings. The van der Waals surface area contributed by atoms with Gasteiger partial charge in [-0.05, 0) is 36.8 Å². The molecule has 0 bridgehead atoms. The average molecular weight is 409 g/mol. The number of furan rings is 1. The number of fused-ring (bicyclic) bond motifs is 1. The lowest BCUT2D eigenvalue weighted by molar-refractivity contribution is 0.430. The lowest BCUT2D eigenvalue weighted by atomic mass is 10.0. The molecule has 0 unspecified atom stereocenters. The van der Waals surface area contributed by atoms with Crippen LogP contribution in [0.4, 0.5) is 4.39 Å². The normalized spacial score (nSPS) is 12.6. The highest BCUT2D eigenvalue weighted by atomic mass is 19.1. The first-order valence-electron chi connectivity index (χ1n) is 8.97. The van der Waals surface area contributed by atoms with Gasteiger partial charge in [0.25, 0.3) is 5.56 Å². The van der Waals surface area contributed by atoms with Gasteiger partial charge in [0.05, 0.1) is 17.3 Å². The van der Waals surface area contributed by atoms with E-state index in [1.54, 1.807) is 19.1 Å². The molecule has 3 rings (SSSR count). The molecular weight excluding hydrogens is 389 g/mol. The third-order valence-corrected chi connectivity index (χ3v) is 4.58. The minimum Gasteiger partial charge on any atom is -0.464 e. The van der Waals surface area contributed by atoms with Crippen LogP contribution in [0.1, 0.15) is 11.3 Å². The van der Waals surface area contributed by atoms with Gasteiger partial charge in [0.1, 0.15) is 18.0 Å². The Morgan fingerprint density at radius 2 is 2.10 bits per heavy atom. The number of rotatable bonds is 7. The van der Waals surface area contributed by atoms with Crippen molar-refractivity contribution >= 4 is 16.5 Å². The molecule has 1 N–H and O–H groups in total. The van der Waals surface area contributed by atoms with Gasteiger partial charge in [0, 0.05) is 24.4 Å². The molecule has 0 atom stereocenters. The van der Waals surface area contributed by atoms with Crippen LogP contribution >= 0.6 is 0 Å². The average Bonchev–Trinajstić information content (AvgIpc) is 3.23. The minimum atomic E-state index is -0.897. The van der Waals surface area contributed by atoms with Crippen LogP contribution in [-0.4, -0.2) is 21.2 Å². The summed E-state index contributed by atoms with van der Waals surface area (Å²) in [6, 6.07) is 3.40. The van der Waals surface area contributed by atoms with Crippen molar-refractivity contribution in [2.24, 2.45) is 7.05 Å². The summed E-state index contributed by atoms with van der Waals surface area (Å²) in [4.78, 5) is 30.5. The van der Waals surface area contributed by atoms with E-state index in [1.165, 1.54) is 42.3 Å². The fourth-order valence-electron chi connectivity index (χ4n) is 3.05. The largest absolute Gasteiger partial charge is 0.464 e. The maximum absolute atomic E-state index is 14.0. The summed E-state index contributed by atoms with van der Waals surface area (Å²) in [5, 5.41) is 0.646. The summed E-state index contributed by atoms with van der Waals surface area (Å²) in [7, 11) is 1.48. The maximum Gasteiger partial charge on any atom is 0.328 e. The van der Waals surface area contributed by atoms with Crippen LogP contribution in [0.5, 0.6) is 5.88 Å². The van der Waals surface area contributed by atoms with Gasteiger partial charge >= 0.3 is 5.69 Å². The summed E-state index contributed by atoms with van der Waals surface area (Å²) in [5.41, 5.74) is 0.397. The number of ether oxygens (including phenoxy) is 1. The lowest BCUT2D eigenvalue weighted by Crippen LogP contribution is -2.32. The number of hydrogen-bond donors (Lipinski definition) is 1. The van der Waals surface area contributed by atoms with E-state index in [9.17, 15) is 14.0 Å². The Labute approximate surface area is 171 Å². The van der Waals surface area contributed by atoms with E-state index in [0.29, 0.717) is 11.0 Å². The molecule has 0 aliphatic carbocycles. The fourth-order valence-corrected chi connectivity index (χ4v) is 3.05. The smallest absolute Gasteiger partial charge is 0.328 e. The highest BCUT2D eigenvalue weighted by molar-refractivity contribution is 5.82. The summed E-state index contributed by atoms with van der Waals surface area (Å²) in [6.07, 6.45) is 7.26. The van der Waals surface area contributed by atoms with Crippen molar-refractivity contribution in [2.45, 2.75) is 6.92 Å². The SMILES string of the molecule is C=C/C(=C(\C=C(/C=C)Oc1nccc2occc12)CF)c1c(C)c(=O)[nH]c(=O)n1C. The topological polar surface area (TPSA) is 90.1 Å². The first kappa shape index (κ1) is 20.8. The number of aromatic nitrogens is 3. The van der Waals surface area contributed by atoms with E-state index >= 15 is 0 Å². The van der Waals surface area contributed by atoms with Crippen molar-refractivity contribution in [2.75, 3.05) is 6.67 Å². The number of hydrogen-bond acceptors (Lipinski definition) is 5. The van der Waals surface area contributed by atoms with Gasteiger partial charge < -0.3 is 9.15 Å². The first-order chi connectivity index (χ1) is 14.4. The Hall–Kier alpha value is -3.94. The molecule has 3 aromatic heterocycles. The lowest BCUT2D eigenvalue weighted by Gasteiger charge is -2.14. The number of pyridine rings is 1. The Kier molecular flexibility index (Phi) is 5.96. The zero-order chi connectivity index (χ0) is 21.8. The second-order valence-corrected chi connectivity index (χ2v) is 6.37. The Bertz CT molecular complexity index is 1270. The predicted octanol–water partition coefficient (Wildman–Crippen LogP) is 3.58. The van der Waals surface area contributed by atoms with E-state index in [4.69, 9.17) is 9.15 Å². The minimum absolute atomic E-state index is 0.156. The van der Waals surface area contributed by atoms with Crippen LogP contribution in [0.25, 0.3) is 16.5 Å². The zero-order valence-electron chi connectivity index (χ0n) is 16.6. The standard InChI is InChI=1S/C22H20FN3O4/c1-5-15(30-21-17-8-10-29-18(17)7-9-24-21)11-14(12-23)16(6-2)19-13(3)20(27)25-22(28)26(19)4/h5-11H,1-2,12H2,3-4H3,(H,25,27,28)/b15-11+,16-14-. The third kappa shape index (κ3) is 3.80. The van der Waals surface area contributed by atoms with Gasteiger partial charge in [-0.15, -0.1) is 0 Å². The van der Waals surface area contributed by atoms with E-state index in [1.807, 2.05) is 0 Å². The van der Waals surface area contributed by atoms with Crippen molar-refractivity contribution in [1.29, 1.82) is 0 Å². The molecule has 0 amide bonds. The van der Waals surface area contributed by atoms with E-state index in [2.05, 4.69) is 23.1 Å². The van der Waals surface area contributed by atoms with Crippen molar-refractivity contribution < 1.29 is 13.5 Å². The number of aromatic amines is 1. The second-order valence-electron chi connectivity index (χ2n) is 6.37. The van der Waals surface area contributed by atoms with Gasteiger partial charge in [0.2, 0.25) is 5.88 Å². The molecule has 7 nitrogen and oxygen atoms in total. The number of alkyl halides is 1. The molecule has 8 heteroatoms. The molecule has 0 aliphatic rings. The fraction of sp³-hybridized carbons (Fsp3) is 0.136.